The van der Waals surface area contributed by atoms with Crippen LogP contribution in [0.1, 0.15) is 44.9 Å². The predicted octanol–water partition coefficient (Wildman–Crippen LogP) is 1.45. The molecular formula is C12H21NO4S. The van der Waals surface area contributed by atoms with E-state index in [0.717, 1.165) is 12.8 Å². The summed E-state index contributed by atoms with van der Waals surface area (Å²) in [6, 6.07) is -0.835. The van der Waals surface area contributed by atoms with E-state index >= 15 is 0 Å². The number of rotatable bonds is 5. The molecule has 0 aromatic heterocycles. The fourth-order valence-corrected chi connectivity index (χ4v) is 4.91. The lowest BCUT2D eigenvalue weighted by Crippen LogP contribution is -2.41. The first-order chi connectivity index (χ1) is 8.50. The third-order valence-corrected chi connectivity index (χ3v) is 6.01. The van der Waals surface area contributed by atoms with Crippen molar-refractivity contribution >= 4 is 16.0 Å². The van der Waals surface area contributed by atoms with Gasteiger partial charge in [-0.25, -0.2) is 8.42 Å². The number of hydrogen-bond donors (Lipinski definition) is 1. The molecular weight excluding hydrogens is 254 g/mol. The van der Waals surface area contributed by atoms with Crippen molar-refractivity contribution in [3.8, 4) is 0 Å². The second kappa shape index (κ2) is 5.57. The maximum absolute atomic E-state index is 12.2. The fraction of sp³-hybridized carbons (Fsp3) is 0.917. The molecule has 0 unspecified atom stereocenters. The molecule has 0 aromatic rings. The standard InChI is InChI=1S/C12H21NO4S/c14-12(15)11-6-3-8-13(11)18(16,17)9-7-10-4-1-2-5-10/h10-11H,1-9H2,(H,14,15)/t11-/m0/s1. The van der Waals surface area contributed by atoms with Gasteiger partial charge < -0.3 is 5.11 Å². The Kier molecular flexibility index (Phi) is 4.27. The van der Waals surface area contributed by atoms with Gasteiger partial charge in [0.1, 0.15) is 6.04 Å². The number of sulfonamides is 1. The molecule has 2 aliphatic rings. The third kappa shape index (κ3) is 3.03. The minimum absolute atomic E-state index is 0.113. The molecule has 1 aliphatic carbocycles. The zero-order chi connectivity index (χ0) is 13.2. The molecule has 1 atom stereocenters. The van der Waals surface area contributed by atoms with E-state index in [9.17, 15) is 13.2 Å². The van der Waals surface area contributed by atoms with E-state index < -0.39 is 22.0 Å². The molecule has 0 aromatic carbocycles. The van der Waals surface area contributed by atoms with E-state index in [4.69, 9.17) is 5.11 Å². The second-order valence-electron chi connectivity index (χ2n) is 5.36. The Morgan fingerprint density at radius 1 is 1.17 bits per heavy atom. The summed E-state index contributed by atoms with van der Waals surface area (Å²) in [7, 11) is -3.39. The Morgan fingerprint density at radius 3 is 2.44 bits per heavy atom. The highest BCUT2D eigenvalue weighted by atomic mass is 32.2. The summed E-state index contributed by atoms with van der Waals surface area (Å²) in [6.45, 7) is 0.365. The molecule has 1 aliphatic heterocycles. The van der Waals surface area contributed by atoms with Crippen molar-refractivity contribution in [1.82, 2.24) is 4.31 Å². The SMILES string of the molecule is O=C(O)[C@@H]1CCCN1S(=O)(=O)CCC1CCCC1. The van der Waals surface area contributed by atoms with Crippen LogP contribution in [-0.2, 0) is 14.8 Å². The van der Waals surface area contributed by atoms with Gasteiger partial charge in [0, 0.05) is 6.54 Å². The van der Waals surface area contributed by atoms with Gasteiger partial charge >= 0.3 is 5.97 Å². The Morgan fingerprint density at radius 2 is 1.83 bits per heavy atom. The molecule has 2 rings (SSSR count). The average molecular weight is 275 g/mol. The molecule has 0 radical (unpaired) electrons. The van der Waals surface area contributed by atoms with Crippen molar-refractivity contribution in [1.29, 1.82) is 0 Å². The van der Waals surface area contributed by atoms with Crippen molar-refractivity contribution in [2.24, 2.45) is 5.92 Å². The van der Waals surface area contributed by atoms with E-state index in [2.05, 4.69) is 0 Å². The average Bonchev–Trinajstić information content (AvgIpc) is 2.98. The Labute approximate surface area is 108 Å². The van der Waals surface area contributed by atoms with E-state index in [-0.39, 0.29) is 5.75 Å². The molecule has 1 saturated carbocycles. The summed E-state index contributed by atoms with van der Waals surface area (Å²) >= 11 is 0. The monoisotopic (exact) mass is 275 g/mol. The van der Waals surface area contributed by atoms with Crippen LogP contribution in [0.4, 0.5) is 0 Å². The Hall–Kier alpha value is -0.620. The van der Waals surface area contributed by atoms with E-state index in [1.807, 2.05) is 0 Å². The highest BCUT2D eigenvalue weighted by Crippen LogP contribution is 2.29. The highest BCUT2D eigenvalue weighted by molar-refractivity contribution is 7.89. The van der Waals surface area contributed by atoms with Crippen LogP contribution in [0.25, 0.3) is 0 Å². The number of carbonyl (C=O) groups is 1. The first-order valence-electron chi connectivity index (χ1n) is 6.73. The Balaban J connectivity index is 1.94. The molecule has 6 heteroatoms. The van der Waals surface area contributed by atoms with Crippen LogP contribution in [-0.4, -0.2) is 42.1 Å². The summed E-state index contributed by atoms with van der Waals surface area (Å²) in [4.78, 5) is 11.0. The normalized spacial score (nSPS) is 26.8. The lowest BCUT2D eigenvalue weighted by atomic mass is 10.1. The molecule has 0 bridgehead atoms. The first-order valence-corrected chi connectivity index (χ1v) is 8.34. The molecule has 104 valence electrons. The van der Waals surface area contributed by atoms with Crippen LogP contribution in [0.2, 0.25) is 0 Å². The number of carboxylic acids is 1. The van der Waals surface area contributed by atoms with Crippen LogP contribution >= 0.6 is 0 Å². The zero-order valence-electron chi connectivity index (χ0n) is 10.5. The van der Waals surface area contributed by atoms with Crippen LogP contribution in [0.5, 0.6) is 0 Å². The molecule has 1 heterocycles. The van der Waals surface area contributed by atoms with Crippen LogP contribution in [0.15, 0.2) is 0 Å². The third-order valence-electron chi connectivity index (χ3n) is 4.10. The van der Waals surface area contributed by atoms with Crippen LogP contribution < -0.4 is 0 Å². The van der Waals surface area contributed by atoms with Gasteiger partial charge in [-0.3, -0.25) is 4.79 Å². The molecule has 2 fully saturated rings. The van der Waals surface area contributed by atoms with Gasteiger partial charge in [-0.05, 0) is 25.2 Å². The summed E-state index contributed by atoms with van der Waals surface area (Å²) in [5.74, 6) is -0.385. The molecule has 5 nitrogen and oxygen atoms in total. The van der Waals surface area contributed by atoms with Gasteiger partial charge in [0.25, 0.3) is 0 Å². The summed E-state index contributed by atoms with van der Waals surface area (Å²) in [5.41, 5.74) is 0. The largest absolute Gasteiger partial charge is 0.480 e. The van der Waals surface area contributed by atoms with E-state index in [1.165, 1.54) is 17.1 Å². The van der Waals surface area contributed by atoms with Gasteiger partial charge in [0.05, 0.1) is 5.75 Å². The molecule has 0 spiro atoms. The van der Waals surface area contributed by atoms with Gasteiger partial charge in [-0.15, -0.1) is 0 Å². The lowest BCUT2D eigenvalue weighted by molar-refractivity contribution is -0.140. The quantitative estimate of drug-likeness (QED) is 0.824. The summed E-state index contributed by atoms with van der Waals surface area (Å²) < 4.78 is 25.5. The zero-order valence-corrected chi connectivity index (χ0v) is 11.4. The van der Waals surface area contributed by atoms with E-state index in [1.54, 1.807) is 0 Å². The minimum atomic E-state index is -3.39. The van der Waals surface area contributed by atoms with Gasteiger partial charge in [-0.1, -0.05) is 25.7 Å². The maximum atomic E-state index is 12.2. The van der Waals surface area contributed by atoms with E-state index in [0.29, 0.717) is 31.7 Å². The number of hydrogen-bond acceptors (Lipinski definition) is 3. The number of carboxylic acid groups (broad SMARTS) is 1. The number of nitrogens with zero attached hydrogens (tertiary/aromatic N) is 1. The second-order valence-corrected chi connectivity index (χ2v) is 7.40. The topological polar surface area (TPSA) is 74.7 Å². The van der Waals surface area contributed by atoms with Gasteiger partial charge in [-0.2, -0.15) is 4.31 Å². The maximum Gasteiger partial charge on any atom is 0.322 e. The van der Waals surface area contributed by atoms with Crippen molar-refractivity contribution in [3.05, 3.63) is 0 Å². The first kappa shape index (κ1) is 13.8. The molecule has 1 N–H and O–H groups in total. The lowest BCUT2D eigenvalue weighted by Gasteiger charge is -2.21. The highest BCUT2D eigenvalue weighted by Gasteiger charge is 2.38. The van der Waals surface area contributed by atoms with Gasteiger partial charge in [0.15, 0.2) is 0 Å². The van der Waals surface area contributed by atoms with Crippen molar-refractivity contribution in [2.75, 3.05) is 12.3 Å². The molecule has 0 amide bonds. The smallest absolute Gasteiger partial charge is 0.322 e. The predicted molar refractivity (Wildman–Crippen MR) is 67.7 cm³/mol. The van der Waals surface area contributed by atoms with Crippen molar-refractivity contribution < 1.29 is 18.3 Å². The van der Waals surface area contributed by atoms with Crippen molar-refractivity contribution in [3.63, 3.8) is 0 Å². The molecule has 18 heavy (non-hydrogen) atoms. The molecule has 1 saturated heterocycles. The van der Waals surface area contributed by atoms with Crippen LogP contribution in [0.3, 0.4) is 0 Å². The van der Waals surface area contributed by atoms with Gasteiger partial charge in [0.2, 0.25) is 10.0 Å². The minimum Gasteiger partial charge on any atom is -0.480 e. The number of aliphatic carboxylic acids is 1. The van der Waals surface area contributed by atoms with Crippen molar-refractivity contribution in [2.45, 2.75) is 51.0 Å². The Bertz CT molecular complexity index is 400. The van der Waals surface area contributed by atoms with Crippen LogP contribution in [0, 0.1) is 5.92 Å². The fourth-order valence-electron chi connectivity index (χ4n) is 3.05. The summed E-state index contributed by atoms with van der Waals surface area (Å²) in [5, 5.41) is 9.02. The summed E-state index contributed by atoms with van der Waals surface area (Å²) in [6.07, 6.45) is 6.43.